The molecule has 6 heteroatoms. The number of hydrogen-bond acceptors (Lipinski definition) is 6. The quantitative estimate of drug-likeness (QED) is 0.0752. The molecular formula is C92H96N4O2. The van der Waals surface area contributed by atoms with E-state index in [-0.39, 0.29) is 27.1 Å². The van der Waals surface area contributed by atoms with Gasteiger partial charge in [-0.05, 0) is 258 Å². The summed E-state index contributed by atoms with van der Waals surface area (Å²) in [5.41, 5.74) is 31.2. The van der Waals surface area contributed by atoms with Crippen LogP contribution in [0.1, 0.15) is 192 Å². The molecule has 1 aromatic heterocycles. The van der Waals surface area contributed by atoms with Crippen molar-refractivity contribution >= 4 is 34.1 Å². The smallest absolute Gasteiger partial charge is 0.248 e. The Balaban J connectivity index is 0.628. The summed E-state index contributed by atoms with van der Waals surface area (Å²) in [6, 6.07) is 82.0. The number of benzene rings is 10. The predicted octanol–water partition coefficient (Wildman–Crippen LogP) is 23.9. The lowest BCUT2D eigenvalue weighted by atomic mass is 9.60. The molecule has 3 aliphatic carbocycles. The van der Waals surface area contributed by atoms with E-state index in [0.29, 0.717) is 17.2 Å². The third-order valence-electron chi connectivity index (χ3n) is 23.4. The number of fused-ring (bicyclic) bond motifs is 1. The van der Waals surface area contributed by atoms with Crippen molar-refractivity contribution in [3.8, 4) is 34.0 Å². The van der Waals surface area contributed by atoms with E-state index in [4.69, 9.17) is 9.15 Å². The summed E-state index contributed by atoms with van der Waals surface area (Å²) in [6.07, 6.45) is 12.2. The molecule has 2 heterocycles. The van der Waals surface area contributed by atoms with Crippen LogP contribution in [0.2, 0.25) is 0 Å². The van der Waals surface area contributed by atoms with E-state index < -0.39 is 0 Å². The largest absolute Gasteiger partial charge is 0.416 e. The molecule has 0 unspecified atom stereocenters. The molecule has 1 saturated heterocycles. The molecule has 0 saturated carbocycles. The molecule has 496 valence electrons. The number of aromatic nitrogens is 2. The highest BCUT2D eigenvalue weighted by molar-refractivity contribution is 5.86. The minimum atomic E-state index is -0.294. The molecule has 1 fully saturated rings. The summed E-state index contributed by atoms with van der Waals surface area (Å²) in [4.78, 5) is 4.78. The Morgan fingerprint density at radius 3 is 1.23 bits per heavy atom. The maximum absolute atomic E-state index is 6.43. The van der Waals surface area contributed by atoms with E-state index in [1.54, 1.807) is 22.3 Å². The van der Waals surface area contributed by atoms with Gasteiger partial charge < -0.3 is 19.0 Å². The third-order valence-corrected chi connectivity index (χ3v) is 23.4. The number of rotatable bonds is 19. The highest BCUT2D eigenvalue weighted by Gasteiger charge is 2.50. The molecule has 4 aliphatic rings. The minimum Gasteiger partial charge on any atom is -0.416 e. The fourth-order valence-corrected chi connectivity index (χ4v) is 17.1. The van der Waals surface area contributed by atoms with E-state index in [0.717, 1.165) is 71.3 Å². The first-order valence-electron chi connectivity index (χ1n) is 36.2. The lowest BCUT2D eigenvalue weighted by Crippen LogP contribution is -2.39. The molecule has 1 atom stereocenters. The van der Waals surface area contributed by atoms with Crippen molar-refractivity contribution in [3.63, 3.8) is 0 Å². The van der Waals surface area contributed by atoms with Crippen LogP contribution in [0.5, 0.6) is 0 Å². The molecule has 1 spiro atoms. The lowest BCUT2D eigenvalue weighted by molar-refractivity contribution is -0.106. The van der Waals surface area contributed by atoms with Gasteiger partial charge in [-0.15, -0.1) is 10.2 Å². The molecule has 98 heavy (non-hydrogen) atoms. The summed E-state index contributed by atoms with van der Waals surface area (Å²) in [5, 5.41) is 9.13. The van der Waals surface area contributed by atoms with Gasteiger partial charge in [-0.1, -0.05) is 203 Å². The van der Waals surface area contributed by atoms with Gasteiger partial charge in [-0.2, -0.15) is 0 Å². The fraction of sp³-hybridized carbons (Fsp3) is 0.326. The first-order valence-corrected chi connectivity index (χ1v) is 36.2. The minimum absolute atomic E-state index is 0.0446. The highest BCUT2D eigenvalue weighted by Crippen LogP contribution is 2.62. The average molecular weight is 1290 g/mol. The number of aryl methyl sites for hydroxylation is 3. The van der Waals surface area contributed by atoms with Gasteiger partial charge in [0, 0.05) is 72.3 Å². The second-order valence-electron chi connectivity index (χ2n) is 32.1. The standard InChI is InChI=1S/C92H96N4O2/c1-61-20-41-72(42-21-61)95(73-43-23-63(24-44-73)17-13-14-56-91(12)59-97-60-91)75-47-35-69(36-48-75)88(6,7)67-29-25-64(26-30-67)85-93-94-86(98-85)65-27-31-68(32-28-65)89(8,9)70-37-49-76(50-38-70)96(74-45-33-66(34-46-74)87(3,4)5)77-51-39-71(40-52-77)90(10,11)82-55-54-80-79-53-22-62(2)78-18-15-57-92(83(78)79)58-16-19-81(82)84(80)92/h20-55H,13-19,56-60H2,1-12H3/t92-/m1/s1. The maximum Gasteiger partial charge on any atom is 0.248 e. The van der Waals surface area contributed by atoms with Crippen molar-refractivity contribution in [2.24, 2.45) is 5.41 Å². The molecule has 10 aromatic carbocycles. The van der Waals surface area contributed by atoms with Gasteiger partial charge >= 0.3 is 0 Å². The molecule has 11 aromatic rings. The van der Waals surface area contributed by atoms with Gasteiger partial charge in [0.1, 0.15) is 0 Å². The summed E-state index contributed by atoms with van der Waals surface area (Å²) >= 11 is 0. The van der Waals surface area contributed by atoms with Crippen molar-refractivity contribution < 1.29 is 9.15 Å². The van der Waals surface area contributed by atoms with Crippen LogP contribution in [-0.2, 0) is 51.1 Å². The Bertz CT molecular complexity index is 4690. The molecule has 15 rings (SSSR count). The SMILES string of the molecule is Cc1ccc(N(c2ccc(CCCCC3(C)COC3)cc2)c2ccc(C(C)(C)c3ccc(-c4nnc(-c5ccc(C(C)(C)c6ccc(N(c7ccc(C(C)(C)C)cc7)c7ccc(C(C)(C)c8ccc9c%10c8CCC[C@@]%108CCCc%10c(C)ccc-9c%108)cc7)cc6)cc5)o4)cc3)cc2)cc1. The zero-order valence-corrected chi connectivity index (χ0v) is 59.9. The van der Waals surface area contributed by atoms with Crippen LogP contribution in [0.15, 0.2) is 223 Å². The zero-order valence-electron chi connectivity index (χ0n) is 59.9. The Morgan fingerprint density at radius 1 is 0.408 bits per heavy atom. The van der Waals surface area contributed by atoms with E-state index in [2.05, 4.69) is 321 Å². The van der Waals surface area contributed by atoms with Crippen LogP contribution in [0.3, 0.4) is 0 Å². The molecule has 0 radical (unpaired) electrons. The van der Waals surface area contributed by atoms with Gasteiger partial charge in [-0.25, -0.2) is 0 Å². The third kappa shape index (κ3) is 11.7. The summed E-state index contributed by atoms with van der Waals surface area (Å²) in [5.74, 6) is 0.993. The molecule has 0 bridgehead atoms. The first-order chi connectivity index (χ1) is 47.1. The van der Waals surface area contributed by atoms with Crippen LogP contribution >= 0.6 is 0 Å². The van der Waals surface area contributed by atoms with Gasteiger partial charge in [0.25, 0.3) is 0 Å². The van der Waals surface area contributed by atoms with Gasteiger partial charge in [0.2, 0.25) is 11.8 Å². The Kier molecular flexibility index (Phi) is 16.6. The fourth-order valence-electron chi connectivity index (χ4n) is 17.1. The lowest BCUT2D eigenvalue weighted by Gasteiger charge is -2.43. The van der Waals surface area contributed by atoms with E-state index in [9.17, 15) is 0 Å². The van der Waals surface area contributed by atoms with Crippen LogP contribution in [0, 0.1) is 19.3 Å². The Labute approximate surface area is 583 Å². The van der Waals surface area contributed by atoms with Crippen LogP contribution < -0.4 is 9.80 Å². The first kappa shape index (κ1) is 64.9. The van der Waals surface area contributed by atoms with E-state index in [1.165, 1.54) is 118 Å². The number of ether oxygens (including phenoxy) is 1. The molecule has 6 nitrogen and oxygen atoms in total. The molecular weight excluding hydrogens is 1190 g/mol. The second kappa shape index (κ2) is 25.0. The van der Waals surface area contributed by atoms with Crippen molar-refractivity contribution in [2.45, 2.75) is 174 Å². The highest BCUT2D eigenvalue weighted by atomic mass is 16.5. The van der Waals surface area contributed by atoms with Crippen molar-refractivity contribution in [2.75, 3.05) is 23.0 Å². The Hall–Kier alpha value is -9.10. The van der Waals surface area contributed by atoms with Gasteiger partial charge in [-0.3, -0.25) is 0 Å². The van der Waals surface area contributed by atoms with Crippen LogP contribution in [-0.4, -0.2) is 23.4 Å². The van der Waals surface area contributed by atoms with Crippen LogP contribution in [0.4, 0.5) is 34.1 Å². The van der Waals surface area contributed by atoms with Gasteiger partial charge in [0.15, 0.2) is 0 Å². The topological polar surface area (TPSA) is 54.6 Å². The summed E-state index contributed by atoms with van der Waals surface area (Å²) in [7, 11) is 0. The van der Waals surface area contributed by atoms with Crippen LogP contribution in [0.25, 0.3) is 34.0 Å². The number of hydrogen-bond donors (Lipinski definition) is 0. The summed E-state index contributed by atoms with van der Waals surface area (Å²) < 4.78 is 11.9. The molecule has 1 aliphatic heterocycles. The predicted molar refractivity (Wildman–Crippen MR) is 407 cm³/mol. The Morgan fingerprint density at radius 2 is 0.796 bits per heavy atom. The molecule has 0 N–H and O–H groups in total. The second-order valence-corrected chi connectivity index (χ2v) is 32.1. The average Bonchev–Trinajstić information content (AvgIpc) is 1.52. The van der Waals surface area contributed by atoms with Crippen molar-refractivity contribution in [1.29, 1.82) is 0 Å². The maximum atomic E-state index is 6.43. The number of nitrogens with zero attached hydrogens (tertiary/aromatic N) is 4. The zero-order chi connectivity index (χ0) is 67.9. The monoisotopic (exact) mass is 1290 g/mol. The number of anilines is 6. The number of unbranched alkanes of at least 4 members (excludes halogenated alkanes) is 1. The van der Waals surface area contributed by atoms with Gasteiger partial charge in [0.05, 0.1) is 13.2 Å². The summed E-state index contributed by atoms with van der Waals surface area (Å²) in [6.45, 7) is 29.6. The normalized spacial score (nSPS) is 16.3. The van der Waals surface area contributed by atoms with Crippen molar-refractivity contribution in [1.82, 2.24) is 10.2 Å². The van der Waals surface area contributed by atoms with E-state index in [1.807, 2.05) is 0 Å². The molecule has 0 amide bonds. The van der Waals surface area contributed by atoms with Crippen molar-refractivity contribution in [3.05, 3.63) is 296 Å². The van der Waals surface area contributed by atoms with E-state index >= 15 is 0 Å².